The van der Waals surface area contributed by atoms with Crippen LogP contribution in [0.4, 0.5) is 0 Å². The van der Waals surface area contributed by atoms with Crippen LogP contribution in [0.5, 0.6) is 0 Å². The van der Waals surface area contributed by atoms with Gasteiger partial charge < -0.3 is 10.1 Å². The first-order valence-electron chi connectivity index (χ1n) is 8.10. The minimum absolute atomic E-state index is 0.0191. The summed E-state index contributed by atoms with van der Waals surface area (Å²) < 4.78 is 5.38. The smallest absolute Gasteiger partial charge is 0.296 e. The van der Waals surface area contributed by atoms with E-state index >= 15 is 0 Å². The van der Waals surface area contributed by atoms with Crippen molar-refractivity contribution >= 4 is 5.91 Å². The van der Waals surface area contributed by atoms with Gasteiger partial charge in [0.05, 0.1) is 12.6 Å². The lowest BCUT2D eigenvalue weighted by atomic mass is 9.97. The average molecular weight is 299 g/mol. The molecule has 0 saturated carbocycles. The Morgan fingerprint density at radius 3 is 2.77 bits per heavy atom. The largest absolute Gasteiger partial charge is 0.380 e. The molecule has 1 aromatic rings. The van der Waals surface area contributed by atoms with Gasteiger partial charge in [-0.05, 0) is 36.7 Å². The molecule has 3 nitrogen and oxygen atoms in total. The fourth-order valence-corrected chi connectivity index (χ4v) is 2.65. The minimum Gasteiger partial charge on any atom is -0.380 e. The van der Waals surface area contributed by atoms with Gasteiger partial charge in [0.1, 0.15) is 0 Å². The van der Waals surface area contributed by atoms with Crippen molar-refractivity contribution in [3.63, 3.8) is 0 Å². The number of amides is 1. The minimum atomic E-state index is -0.194. The Balaban J connectivity index is 1.97. The third-order valence-electron chi connectivity index (χ3n) is 3.76. The number of benzene rings is 1. The highest BCUT2D eigenvalue weighted by Crippen LogP contribution is 2.20. The standard InChI is InChI=1S/C19H25NO2/c1-15(2)13-18(17-8-4-3-5-9-17)20-19(21)11-10-16-7-6-12-22-14-16/h3-5,8-9,15-16,18H,6-7,12-14H2,1-2H3,(H,20,21). The summed E-state index contributed by atoms with van der Waals surface area (Å²) >= 11 is 0. The third-order valence-corrected chi connectivity index (χ3v) is 3.76. The maximum atomic E-state index is 12.1. The molecule has 1 amide bonds. The molecule has 22 heavy (non-hydrogen) atoms. The van der Waals surface area contributed by atoms with Crippen LogP contribution in [-0.4, -0.2) is 19.1 Å². The van der Waals surface area contributed by atoms with Crippen molar-refractivity contribution in [2.45, 2.75) is 39.2 Å². The van der Waals surface area contributed by atoms with Crippen LogP contribution < -0.4 is 5.32 Å². The van der Waals surface area contributed by atoms with E-state index in [-0.39, 0.29) is 17.9 Å². The molecule has 2 atom stereocenters. The highest BCUT2D eigenvalue weighted by Gasteiger charge is 2.15. The summed E-state index contributed by atoms with van der Waals surface area (Å²) in [6.07, 6.45) is 2.96. The van der Waals surface area contributed by atoms with E-state index in [0.29, 0.717) is 12.5 Å². The van der Waals surface area contributed by atoms with Crippen LogP contribution in [0.2, 0.25) is 0 Å². The Labute approximate surface area is 133 Å². The average Bonchev–Trinajstić information content (AvgIpc) is 2.54. The number of hydrogen-bond donors (Lipinski definition) is 1. The molecule has 0 aliphatic carbocycles. The van der Waals surface area contributed by atoms with Gasteiger partial charge in [-0.25, -0.2) is 0 Å². The van der Waals surface area contributed by atoms with Crippen LogP contribution in [0.1, 0.15) is 44.7 Å². The molecule has 1 aliphatic rings. The number of nitrogens with one attached hydrogen (secondary N) is 1. The predicted octanol–water partition coefficient (Wildman–Crippen LogP) is 3.32. The van der Waals surface area contributed by atoms with Crippen LogP contribution in [0, 0.1) is 23.7 Å². The molecular weight excluding hydrogens is 274 g/mol. The first kappa shape index (κ1) is 16.6. The normalized spacial score (nSPS) is 19.1. The van der Waals surface area contributed by atoms with Gasteiger partial charge in [0.25, 0.3) is 5.91 Å². The Bertz CT molecular complexity index is 521. The zero-order chi connectivity index (χ0) is 15.8. The summed E-state index contributed by atoms with van der Waals surface area (Å²) in [6, 6.07) is 10.1. The highest BCUT2D eigenvalue weighted by molar-refractivity contribution is 5.93. The molecule has 2 unspecified atom stereocenters. The Morgan fingerprint density at radius 1 is 1.36 bits per heavy atom. The van der Waals surface area contributed by atoms with E-state index in [2.05, 4.69) is 43.1 Å². The summed E-state index contributed by atoms with van der Waals surface area (Å²) in [4.78, 5) is 12.1. The van der Waals surface area contributed by atoms with E-state index in [1.54, 1.807) is 0 Å². The van der Waals surface area contributed by atoms with Gasteiger partial charge in [0.2, 0.25) is 0 Å². The van der Waals surface area contributed by atoms with Crippen molar-refractivity contribution in [1.82, 2.24) is 5.32 Å². The van der Waals surface area contributed by atoms with Crippen molar-refractivity contribution in [2.24, 2.45) is 11.8 Å². The van der Waals surface area contributed by atoms with E-state index in [9.17, 15) is 4.79 Å². The molecule has 1 aromatic carbocycles. The zero-order valence-corrected chi connectivity index (χ0v) is 13.5. The lowest BCUT2D eigenvalue weighted by molar-refractivity contribution is -0.116. The number of hydrogen-bond acceptors (Lipinski definition) is 2. The fourth-order valence-electron chi connectivity index (χ4n) is 2.65. The molecule has 1 saturated heterocycles. The van der Waals surface area contributed by atoms with Crippen molar-refractivity contribution in [1.29, 1.82) is 0 Å². The molecule has 0 bridgehead atoms. The van der Waals surface area contributed by atoms with Crippen LogP contribution in [0.3, 0.4) is 0 Å². The molecule has 2 rings (SSSR count). The highest BCUT2D eigenvalue weighted by atomic mass is 16.5. The molecule has 1 N–H and O–H groups in total. The van der Waals surface area contributed by atoms with Gasteiger partial charge in [-0.15, -0.1) is 0 Å². The molecule has 0 spiro atoms. The van der Waals surface area contributed by atoms with Gasteiger partial charge in [-0.3, -0.25) is 4.79 Å². The first-order chi connectivity index (χ1) is 10.6. The lowest BCUT2D eigenvalue weighted by Crippen LogP contribution is -2.28. The zero-order valence-electron chi connectivity index (χ0n) is 13.5. The van der Waals surface area contributed by atoms with E-state index in [4.69, 9.17) is 4.74 Å². The summed E-state index contributed by atoms with van der Waals surface area (Å²) in [5.41, 5.74) is 1.13. The topological polar surface area (TPSA) is 38.3 Å². The van der Waals surface area contributed by atoms with Crippen LogP contribution in [-0.2, 0) is 9.53 Å². The monoisotopic (exact) mass is 299 g/mol. The second kappa shape index (κ2) is 8.60. The summed E-state index contributed by atoms with van der Waals surface area (Å²) in [6.45, 7) is 5.78. The van der Waals surface area contributed by atoms with Gasteiger partial charge in [0, 0.05) is 12.5 Å². The first-order valence-corrected chi connectivity index (χ1v) is 8.10. The van der Waals surface area contributed by atoms with Gasteiger partial charge in [-0.1, -0.05) is 50.1 Å². The molecule has 3 heteroatoms. The van der Waals surface area contributed by atoms with Crippen molar-refractivity contribution in [3.05, 3.63) is 35.9 Å². The fraction of sp³-hybridized carbons (Fsp3) is 0.526. The van der Waals surface area contributed by atoms with E-state index in [1.165, 1.54) is 0 Å². The van der Waals surface area contributed by atoms with Crippen molar-refractivity contribution in [3.8, 4) is 11.8 Å². The van der Waals surface area contributed by atoms with E-state index in [0.717, 1.165) is 31.4 Å². The second-order valence-corrected chi connectivity index (χ2v) is 6.25. The summed E-state index contributed by atoms with van der Waals surface area (Å²) in [7, 11) is 0. The second-order valence-electron chi connectivity index (χ2n) is 6.25. The maximum absolute atomic E-state index is 12.1. The summed E-state index contributed by atoms with van der Waals surface area (Å²) in [5.74, 6) is 6.29. The van der Waals surface area contributed by atoms with Gasteiger partial charge in [-0.2, -0.15) is 0 Å². The molecule has 1 heterocycles. The van der Waals surface area contributed by atoms with Crippen molar-refractivity contribution < 1.29 is 9.53 Å². The Morgan fingerprint density at radius 2 is 2.14 bits per heavy atom. The Hall–Kier alpha value is -1.79. The van der Waals surface area contributed by atoms with Crippen LogP contribution >= 0.6 is 0 Å². The van der Waals surface area contributed by atoms with E-state index in [1.807, 2.05) is 18.2 Å². The number of carbonyl (C=O) groups is 1. The lowest BCUT2D eigenvalue weighted by Gasteiger charge is -2.20. The number of ether oxygens (including phenoxy) is 1. The maximum Gasteiger partial charge on any atom is 0.296 e. The molecule has 0 radical (unpaired) electrons. The van der Waals surface area contributed by atoms with Crippen molar-refractivity contribution in [2.75, 3.05) is 13.2 Å². The molecule has 1 aliphatic heterocycles. The van der Waals surface area contributed by atoms with Crippen LogP contribution in [0.25, 0.3) is 0 Å². The van der Waals surface area contributed by atoms with Gasteiger partial charge in [0.15, 0.2) is 0 Å². The van der Waals surface area contributed by atoms with Gasteiger partial charge >= 0.3 is 0 Å². The number of carbonyl (C=O) groups excluding carboxylic acids is 1. The molecule has 1 fully saturated rings. The molecular formula is C19H25NO2. The third kappa shape index (κ3) is 5.54. The summed E-state index contributed by atoms with van der Waals surface area (Å²) in [5, 5.41) is 3.05. The molecule has 0 aromatic heterocycles. The molecule has 118 valence electrons. The van der Waals surface area contributed by atoms with Crippen LogP contribution in [0.15, 0.2) is 30.3 Å². The predicted molar refractivity (Wildman–Crippen MR) is 88.1 cm³/mol. The van der Waals surface area contributed by atoms with E-state index < -0.39 is 0 Å². The quantitative estimate of drug-likeness (QED) is 0.866. The Kier molecular flexibility index (Phi) is 6.48. The number of rotatable bonds is 4. The SMILES string of the molecule is CC(C)CC(NC(=O)C#CC1CCCOC1)c1ccccc1.